The molecule has 3 aromatic carbocycles. The number of aromatic hydroxyl groups is 1. The normalized spacial score (nSPS) is 12.2. The van der Waals surface area contributed by atoms with Gasteiger partial charge in [-0.1, -0.05) is 72.8 Å². The van der Waals surface area contributed by atoms with E-state index in [0.29, 0.717) is 11.8 Å². The fraction of sp³-hybridized carbons (Fsp3) is 0.217. The fourth-order valence-electron chi connectivity index (χ4n) is 3.09. The van der Waals surface area contributed by atoms with E-state index in [4.69, 9.17) is 0 Å². The van der Waals surface area contributed by atoms with E-state index in [1.807, 2.05) is 12.1 Å². The first-order chi connectivity index (χ1) is 12.2. The summed E-state index contributed by atoms with van der Waals surface area (Å²) in [7, 11) is 0. The molecule has 0 aromatic heterocycles. The second kappa shape index (κ2) is 8.50. The molecule has 1 atom stereocenters. The molecule has 2 heteroatoms. The lowest BCUT2D eigenvalue weighted by Gasteiger charge is -2.24. The van der Waals surface area contributed by atoms with Crippen LogP contribution in [-0.4, -0.2) is 11.1 Å². The lowest BCUT2D eigenvalue weighted by molar-refractivity contribution is 0.470. The summed E-state index contributed by atoms with van der Waals surface area (Å²) < 4.78 is 0. The average Bonchev–Trinajstić information content (AvgIpc) is 2.67. The molecule has 0 amide bonds. The van der Waals surface area contributed by atoms with Crippen molar-refractivity contribution >= 4 is 0 Å². The Hall–Kier alpha value is -2.58. The third-order valence-electron chi connectivity index (χ3n) is 4.52. The molecular formula is C23H25NO. The SMILES string of the molecule is CC(CCc1ccc(O)cc1)NC(c1ccccc1)c1ccccc1. The van der Waals surface area contributed by atoms with Crippen molar-refractivity contribution in [3.63, 3.8) is 0 Å². The van der Waals surface area contributed by atoms with Gasteiger partial charge < -0.3 is 10.4 Å². The van der Waals surface area contributed by atoms with Crippen LogP contribution < -0.4 is 5.32 Å². The summed E-state index contributed by atoms with van der Waals surface area (Å²) in [6.45, 7) is 2.24. The van der Waals surface area contributed by atoms with Crippen molar-refractivity contribution in [3.8, 4) is 5.75 Å². The van der Waals surface area contributed by atoms with E-state index >= 15 is 0 Å². The van der Waals surface area contributed by atoms with Crippen LogP contribution in [0.4, 0.5) is 0 Å². The van der Waals surface area contributed by atoms with E-state index in [1.54, 1.807) is 12.1 Å². The molecule has 0 radical (unpaired) electrons. The monoisotopic (exact) mass is 331 g/mol. The molecular weight excluding hydrogens is 306 g/mol. The molecule has 0 aliphatic heterocycles. The molecule has 0 spiro atoms. The zero-order chi connectivity index (χ0) is 17.5. The minimum atomic E-state index is 0.192. The van der Waals surface area contributed by atoms with Crippen LogP contribution >= 0.6 is 0 Å². The highest BCUT2D eigenvalue weighted by molar-refractivity contribution is 5.32. The molecule has 3 aromatic rings. The molecule has 1 unspecified atom stereocenters. The van der Waals surface area contributed by atoms with Gasteiger partial charge in [-0.2, -0.15) is 0 Å². The van der Waals surface area contributed by atoms with Gasteiger partial charge in [-0.3, -0.25) is 0 Å². The molecule has 0 fully saturated rings. The van der Waals surface area contributed by atoms with E-state index in [2.05, 4.69) is 72.9 Å². The molecule has 0 saturated carbocycles. The van der Waals surface area contributed by atoms with Gasteiger partial charge in [-0.25, -0.2) is 0 Å². The maximum atomic E-state index is 9.39. The van der Waals surface area contributed by atoms with E-state index in [-0.39, 0.29) is 6.04 Å². The Balaban J connectivity index is 1.68. The molecule has 0 heterocycles. The number of phenolic OH excluding ortho intramolecular Hbond substituents is 1. The highest BCUT2D eigenvalue weighted by Gasteiger charge is 2.16. The van der Waals surface area contributed by atoms with Crippen LogP contribution in [0.2, 0.25) is 0 Å². The van der Waals surface area contributed by atoms with Gasteiger partial charge in [0.05, 0.1) is 6.04 Å². The molecule has 0 saturated heterocycles. The van der Waals surface area contributed by atoms with E-state index in [1.165, 1.54) is 16.7 Å². The molecule has 3 rings (SSSR count). The van der Waals surface area contributed by atoms with Crippen molar-refractivity contribution in [2.24, 2.45) is 0 Å². The highest BCUT2D eigenvalue weighted by atomic mass is 16.3. The van der Waals surface area contributed by atoms with Crippen LogP contribution in [-0.2, 0) is 6.42 Å². The summed E-state index contributed by atoms with van der Waals surface area (Å²) in [5.41, 5.74) is 3.82. The van der Waals surface area contributed by atoms with Crippen molar-refractivity contribution in [3.05, 3.63) is 102 Å². The Morgan fingerprint density at radius 3 is 1.80 bits per heavy atom. The number of nitrogens with one attached hydrogen (secondary N) is 1. The summed E-state index contributed by atoms with van der Waals surface area (Å²) in [5, 5.41) is 13.2. The van der Waals surface area contributed by atoms with Gasteiger partial charge in [0, 0.05) is 6.04 Å². The molecule has 0 bridgehead atoms. The zero-order valence-corrected chi connectivity index (χ0v) is 14.6. The number of benzene rings is 3. The van der Waals surface area contributed by atoms with Crippen molar-refractivity contribution in [2.45, 2.75) is 31.8 Å². The summed E-state index contributed by atoms with van der Waals surface area (Å²) >= 11 is 0. The topological polar surface area (TPSA) is 32.3 Å². The quantitative estimate of drug-likeness (QED) is 0.632. The Labute approximate surface area is 150 Å². The highest BCUT2D eigenvalue weighted by Crippen LogP contribution is 2.23. The van der Waals surface area contributed by atoms with Crippen LogP contribution in [0.25, 0.3) is 0 Å². The van der Waals surface area contributed by atoms with Crippen LogP contribution in [0, 0.1) is 0 Å². The minimum Gasteiger partial charge on any atom is -0.508 e. The predicted octanol–water partition coefficient (Wildman–Crippen LogP) is 5.09. The summed E-state index contributed by atoms with van der Waals surface area (Å²) in [6, 6.07) is 29.3. The van der Waals surface area contributed by atoms with Crippen LogP contribution in [0.15, 0.2) is 84.9 Å². The van der Waals surface area contributed by atoms with E-state index in [0.717, 1.165) is 12.8 Å². The van der Waals surface area contributed by atoms with Gasteiger partial charge in [-0.05, 0) is 48.6 Å². The number of rotatable bonds is 7. The van der Waals surface area contributed by atoms with Crippen LogP contribution in [0.1, 0.15) is 36.1 Å². The zero-order valence-electron chi connectivity index (χ0n) is 14.6. The van der Waals surface area contributed by atoms with Crippen LogP contribution in [0.5, 0.6) is 5.75 Å². The molecule has 128 valence electrons. The second-order valence-electron chi connectivity index (χ2n) is 6.53. The second-order valence-corrected chi connectivity index (χ2v) is 6.53. The molecule has 0 aliphatic rings. The minimum absolute atomic E-state index is 0.192. The number of hydrogen-bond donors (Lipinski definition) is 2. The lowest BCUT2D eigenvalue weighted by Crippen LogP contribution is -2.31. The smallest absolute Gasteiger partial charge is 0.115 e. The van der Waals surface area contributed by atoms with Gasteiger partial charge >= 0.3 is 0 Å². The largest absolute Gasteiger partial charge is 0.508 e. The average molecular weight is 331 g/mol. The number of aryl methyl sites for hydroxylation is 1. The molecule has 25 heavy (non-hydrogen) atoms. The van der Waals surface area contributed by atoms with E-state index in [9.17, 15) is 5.11 Å². The lowest BCUT2D eigenvalue weighted by atomic mass is 9.97. The van der Waals surface area contributed by atoms with Crippen molar-refractivity contribution < 1.29 is 5.11 Å². The van der Waals surface area contributed by atoms with Crippen molar-refractivity contribution in [1.29, 1.82) is 0 Å². The standard InChI is InChI=1S/C23H25NO/c1-18(12-13-19-14-16-22(25)17-15-19)24-23(20-8-4-2-5-9-20)21-10-6-3-7-11-21/h2-11,14-18,23-25H,12-13H2,1H3. The summed E-state index contributed by atoms with van der Waals surface area (Å²) in [6.07, 6.45) is 2.03. The third-order valence-corrected chi connectivity index (χ3v) is 4.52. The van der Waals surface area contributed by atoms with Gasteiger partial charge in [-0.15, -0.1) is 0 Å². The van der Waals surface area contributed by atoms with Crippen molar-refractivity contribution in [2.75, 3.05) is 0 Å². The first-order valence-corrected chi connectivity index (χ1v) is 8.86. The van der Waals surface area contributed by atoms with Gasteiger partial charge in [0.1, 0.15) is 5.75 Å². The Kier molecular flexibility index (Phi) is 5.86. The maximum Gasteiger partial charge on any atom is 0.115 e. The summed E-state index contributed by atoms with van der Waals surface area (Å²) in [5.74, 6) is 0.322. The first-order valence-electron chi connectivity index (χ1n) is 8.86. The predicted molar refractivity (Wildman–Crippen MR) is 104 cm³/mol. The molecule has 2 N–H and O–H groups in total. The fourth-order valence-corrected chi connectivity index (χ4v) is 3.09. The molecule has 2 nitrogen and oxygen atoms in total. The molecule has 0 aliphatic carbocycles. The van der Waals surface area contributed by atoms with E-state index < -0.39 is 0 Å². The van der Waals surface area contributed by atoms with Gasteiger partial charge in [0.15, 0.2) is 0 Å². The maximum absolute atomic E-state index is 9.39. The number of hydrogen-bond acceptors (Lipinski definition) is 2. The van der Waals surface area contributed by atoms with Gasteiger partial charge in [0.2, 0.25) is 0 Å². The van der Waals surface area contributed by atoms with Crippen molar-refractivity contribution in [1.82, 2.24) is 5.32 Å². The Morgan fingerprint density at radius 2 is 1.28 bits per heavy atom. The number of phenols is 1. The Bertz CT molecular complexity index is 714. The first kappa shape index (κ1) is 17.2. The van der Waals surface area contributed by atoms with Crippen LogP contribution in [0.3, 0.4) is 0 Å². The third kappa shape index (κ3) is 4.94. The Morgan fingerprint density at radius 1 is 0.760 bits per heavy atom. The summed E-state index contributed by atoms with van der Waals surface area (Å²) in [4.78, 5) is 0. The van der Waals surface area contributed by atoms with Gasteiger partial charge in [0.25, 0.3) is 0 Å².